The van der Waals surface area contributed by atoms with Gasteiger partial charge in [-0.25, -0.2) is 0 Å². The molecule has 2 aliphatic heterocycles. The van der Waals surface area contributed by atoms with Crippen LogP contribution in [-0.4, -0.2) is 54.6 Å². The summed E-state index contributed by atoms with van der Waals surface area (Å²) in [6.45, 7) is 3.66. The van der Waals surface area contributed by atoms with Crippen molar-refractivity contribution in [1.29, 1.82) is 0 Å². The molecule has 0 aliphatic carbocycles. The highest BCUT2D eigenvalue weighted by Gasteiger charge is 2.52. The van der Waals surface area contributed by atoms with Crippen molar-refractivity contribution in [3.05, 3.63) is 66.2 Å². The fourth-order valence-corrected chi connectivity index (χ4v) is 4.53. The molecule has 4 nitrogen and oxygen atoms in total. The minimum Gasteiger partial charge on any atom is -0.339 e. The number of para-hydroxylation sites is 1. The number of hydrogen-bond donors (Lipinski definition) is 0. The van der Waals surface area contributed by atoms with Crippen LogP contribution in [0, 0.1) is 11.8 Å². The zero-order chi connectivity index (χ0) is 20.1. The average Bonchev–Trinajstić information content (AvgIpc) is 3.01. The number of anilines is 1. The Morgan fingerprint density at radius 1 is 0.966 bits per heavy atom. The lowest BCUT2D eigenvalue weighted by Gasteiger charge is -2.43. The van der Waals surface area contributed by atoms with Gasteiger partial charge in [0.2, 0.25) is 5.91 Å². The van der Waals surface area contributed by atoms with Crippen LogP contribution in [0.5, 0.6) is 0 Å². The van der Waals surface area contributed by atoms with Crippen LogP contribution in [0.4, 0.5) is 5.69 Å². The van der Waals surface area contributed by atoms with E-state index in [1.165, 1.54) is 0 Å². The molecule has 2 aromatic rings. The molecule has 2 aliphatic rings. The predicted octanol–water partition coefficient (Wildman–Crippen LogP) is 3.59. The highest BCUT2D eigenvalue weighted by atomic mass is 16.2. The molecule has 0 N–H and O–H groups in total. The van der Waals surface area contributed by atoms with Crippen molar-refractivity contribution in [2.45, 2.75) is 31.2 Å². The molecular formula is C25H29N3O. The lowest BCUT2D eigenvalue weighted by molar-refractivity contribution is -0.132. The normalized spacial score (nSPS) is 18.7. The number of likely N-dealkylation sites (N-methyl/N-ethyl adjacent to an activating group) is 1. The van der Waals surface area contributed by atoms with Crippen LogP contribution in [0.2, 0.25) is 0 Å². The molecular weight excluding hydrogens is 358 g/mol. The highest BCUT2D eigenvalue weighted by Crippen LogP contribution is 2.38. The monoisotopic (exact) mass is 387 g/mol. The van der Waals surface area contributed by atoms with Crippen molar-refractivity contribution >= 4 is 11.6 Å². The van der Waals surface area contributed by atoms with Crippen molar-refractivity contribution in [2.75, 3.05) is 38.3 Å². The number of piperidine rings is 1. The first kappa shape index (κ1) is 19.5. The molecule has 2 saturated heterocycles. The zero-order valence-electron chi connectivity index (χ0n) is 17.2. The van der Waals surface area contributed by atoms with Crippen molar-refractivity contribution < 1.29 is 4.79 Å². The van der Waals surface area contributed by atoms with Crippen LogP contribution in [0.15, 0.2) is 60.7 Å². The van der Waals surface area contributed by atoms with E-state index in [1.807, 2.05) is 48.3 Å². The molecule has 2 heterocycles. The van der Waals surface area contributed by atoms with Crippen LogP contribution in [-0.2, 0) is 4.79 Å². The maximum atomic E-state index is 13.1. The third-order valence-corrected chi connectivity index (χ3v) is 6.15. The second kappa shape index (κ2) is 8.71. The summed E-state index contributed by atoms with van der Waals surface area (Å²) in [6.07, 6.45) is 3.76. The SMILES string of the molecule is CN1CN(c2ccccc2)C2(CCN(CCCC#Cc3ccccc3)CC2)C1=O. The average molecular weight is 388 g/mol. The first-order valence-corrected chi connectivity index (χ1v) is 10.5. The van der Waals surface area contributed by atoms with E-state index in [1.54, 1.807) is 0 Å². The van der Waals surface area contributed by atoms with Gasteiger partial charge in [-0.2, -0.15) is 0 Å². The van der Waals surface area contributed by atoms with Gasteiger partial charge in [-0.3, -0.25) is 4.79 Å². The minimum atomic E-state index is -0.375. The fraction of sp³-hybridized carbons (Fsp3) is 0.400. The first-order chi connectivity index (χ1) is 14.2. The Morgan fingerprint density at radius 2 is 1.62 bits per heavy atom. The van der Waals surface area contributed by atoms with Crippen molar-refractivity contribution in [2.24, 2.45) is 0 Å². The third-order valence-electron chi connectivity index (χ3n) is 6.15. The van der Waals surface area contributed by atoms with E-state index in [0.717, 1.165) is 56.6 Å². The molecule has 0 bridgehead atoms. The molecule has 4 heteroatoms. The Bertz CT molecular complexity index is 877. The molecule has 0 saturated carbocycles. The zero-order valence-corrected chi connectivity index (χ0v) is 17.2. The number of amides is 1. The van der Waals surface area contributed by atoms with Gasteiger partial charge < -0.3 is 14.7 Å². The number of benzene rings is 2. The van der Waals surface area contributed by atoms with E-state index in [-0.39, 0.29) is 11.4 Å². The lowest BCUT2D eigenvalue weighted by Crippen LogP contribution is -2.56. The fourth-order valence-electron chi connectivity index (χ4n) is 4.53. The van der Waals surface area contributed by atoms with Gasteiger partial charge in [-0.05, 0) is 50.1 Å². The van der Waals surface area contributed by atoms with Crippen LogP contribution in [0.3, 0.4) is 0 Å². The van der Waals surface area contributed by atoms with Crippen LogP contribution >= 0.6 is 0 Å². The summed E-state index contributed by atoms with van der Waals surface area (Å²) in [5.74, 6) is 6.79. The van der Waals surface area contributed by atoms with Crippen LogP contribution in [0.25, 0.3) is 0 Å². The molecule has 2 aromatic carbocycles. The predicted molar refractivity (Wildman–Crippen MR) is 118 cm³/mol. The van der Waals surface area contributed by atoms with E-state index in [9.17, 15) is 4.79 Å². The van der Waals surface area contributed by atoms with Gasteiger partial charge in [0, 0.05) is 37.8 Å². The molecule has 0 atom stereocenters. The number of unbranched alkanes of at least 4 members (excludes halogenated alkanes) is 1. The number of hydrogen-bond acceptors (Lipinski definition) is 3. The molecule has 2 fully saturated rings. The summed E-state index contributed by atoms with van der Waals surface area (Å²) in [4.78, 5) is 19.7. The van der Waals surface area contributed by atoms with E-state index in [2.05, 4.69) is 45.9 Å². The summed E-state index contributed by atoms with van der Waals surface area (Å²) in [6, 6.07) is 20.5. The van der Waals surface area contributed by atoms with Gasteiger partial charge in [0.25, 0.3) is 0 Å². The van der Waals surface area contributed by atoms with Crippen LogP contribution in [0.1, 0.15) is 31.2 Å². The minimum absolute atomic E-state index is 0.273. The maximum absolute atomic E-state index is 13.1. The van der Waals surface area contributed by atoms with Gasteiger partial charge in [-0.1, -0.05) is 48.2 Å². The largest absolute Gasteiger partial charge is 0.339 e. The second-order valence-corrected chi connectivity index (χ2v) is 8.05. The Balaban J connectivity index is 1.32. The van der Waals surface area contributed by atoms with Gasteiger partial charge in [-0.15, -0.1) is 0 Å². The number of nitrogens with zero attached hydrogens (tertiary/aromatic N) is 3. The van der Waals surface area contributed by atoms with Gasteiger partial charge in [0.15, 0.2) is 0 Å². The van der Waals surface area contributed by atoms with Crippen molar-refractivity contribution in [3.63, 3.8) is 0 Å². The summed E-state index contributed by atoms with van der Waals surface area (Å²) >= 11 is 0. The molecule has 1 spiro atoms. The maximum Gasteiger partial charge on any atom is 0.249 e. The second-order valence-electron chi connectivity index (χ2n) is 8.05. The Labute approximate surface area is 174 Å². The highest BCUT2D eigenvalue weighted by molar-refractivity contribution is 5.93. The smallest absolute Gasteiger partial charge is 0.249 e. The number of rotatable bonds is 4. The quantitative estimate of drug-likeness (QED) is 0.593. The van der Waals surface area contributed by atoms with Crippen molar-refractivity contribution in [3.8, 4) is 11.8 Å². The standard InChI is InChI=1S/C25H29N3O/c1-26-21-28(23-14-8-3-9-15-23)25(24(26)29)16-19-27(20-17-25)18-10-4-7-13-22-11-5-2-6-12-22/h2-3,5-6,8-9,11-12,14-15H,4,10,16-21H2,1H3. The lowest BCUT2D eigenvalue weighted by atomic mass is 9.85. The van der Waals surface area contributed by atoms with Crippen LogP contribution < -0.4 is 4.90 Å². The van der Waals surface area contributed by atoms with Gasteiger partial charge in [0.1, 0.15) is 5.54 Å². The number of carbonyl (C=O) groups excluding carboxylic acids is 1. The molecule has 1 amide bonds. The Kier molecular flexibility index (Phi) is 5.87. The molecule has 0 aromatic heterocycles. The Morgan fingerprint density at radius 3 is 2.31 bits per heavy atom. The molecule has 0 unspecified atom stereocenters. The molecule has 4 rings (SSSR count). The molecule has 29 heavy (non-hydrogen) atoms. The summed E-state index contributed by atoms with van der Waals surface area (Å²) in [7, 11) is 1.92. The van der Waals surface area contributed by atoms with E-state index < -0.39 is 0 Å². The molecule has 150 valence electrons. The first-order valence-electron chi connectivity index (χ1n) is 10.5. The third kappa shape index (κ3) is 4.16. The van der Waals surface area contributed by atoms with E-state index >= 15 is 0 Å². The van der Waals surface area contributed by atoms with Gasteiger partial charge >= 0.3 is 0 Å². The van der Waals surface area contributed by atoms with E-state index in [0.29, 0.717) is 6.67 Å². The topological polar surface area (TPSA) is 26.8 Å². The van der Waals surface area contributed by atoms with Gasteiger partial charge in [0.05, 0.1) is 6.67 Å². The Hall–Kier alpha value is -2.77. The summed E-state index contributed by atoms with van der Waals surface area (Å²) < 4.78 is 0. The van der Waals surface area contributed by atoms with E-state index in [4.69, 9.17) is 0 Å². The summed E-state index contributed by atoms with van der Waals surface area (Å²) in [5, 5.41) is 0. The van der Waals surface area contributed by atoms with Crippen molar-refractivity contribution in [1.82, 2.24) is 9.80 Å². The molecule has 0 radical (unpaired) electrons. The number of carbonyl (C=O) groups is 1. The summed E-state index contributed by atoms with van der Waals surface area (Å²) in [5.41, 5.74) is 1.85. The number of likely N-dealkylation sites (tertiary alicyclic amines) is 1.